The Morgan fingerprint density at radius 2 is 2.36 bits per heavy atom. The molecule has 14 heavy (non-hydrogen) atoms. The number of hydrogen-bond acceptors (Lipinski definition) is 3. The molecule has 0 aliphatic carbocycles. The average Bonchev–Trinajstić information content (AvgIpc) is 2.11. The van der Waals surface area contributed by atoms with Crippen LogP contribution in [0.4, 0.5) is 0 Å². The third kappa shape index (κ3) is 2.77. The molecule has 1 aromatic heterocycles. The highest BCUT2D eigenvalue weighted by atomic mass is 79.9. The molecule has 76 valence electrons. The quantitative estimate of drug-likeness (QED) is 0.899. The lowest BCUT2D eigenvalue weighted by Gasteiger charge is -2.07. The van der Waals surface area contributed by atoms with Crippen LogP contribution in [0.1, 0.15) is 18.4 Å². The molecule has 0 saturated carbocycles. The molecule has 1 heterocycles. The van der Waals surface area contributed by atoms with Gasteiger partial charge in [0, 0.05) is 12.6 Å². The maximum Gasteiger partial charge on any atom is 0.306 e. The molecule has 0 aliphatic rings. The lowest BCUT2D eigenvalue weighted by molar-refractivity contribution is -0.141. The number of aliphatic carboxylic acids is 1. The van der Waals surface area contributed by atoms with Crippen molar-refractivity contribution in [3.63, 3.8) is 0 Å². The van der Waals surface area contributed by atoms with Crippen molar-refractivity contribution < 1.29 is 9.90 Å². The van der Waals surface area contributed by atoms with Crippen LogP contribution >= 0.6 is 15.9 Å². The normalized spacial score (nSPS) is 12.5. The number of hydrogen-bond donors (Lipinski definition) is 1. The van der Waals surface area contributed by atoms with Gasteiger partial charge in [-0.15, -0.1) is 0 Å². The molecular weight excluding hydrogens is 248 g/mol. The molecule has 1 unspecified atom stereocenters. The minimum Gasteiger partial charge on any atom is -0.481 e. The third-order valence-corrected chi connectivity index (χ3v) is 2.52. The maximum absolute atomic E-state index is 10.6. The molecule has 0 spiro atoms. The van der Waals surface area contributed by atoms with Crippen LogP contribution in [0.15, 0.2) is 10.7 Å². The molecule has 0 aromatic carbocycles. The van der Waals surface area contributed by atoms with Gasteiger partial charge in [0.25, 0.3) is 0 Å². The fourth-order valence-electron chi connectivity index (χ4n) is 1.02. The highest BCUT2D eigenvalue weighted by Crippen LogP contribution is 2.17. The summed E-state index contributed by atoms with van der Waals surface area (Å²) in [5, 5.41) is 8.74. The van der Waals surface area contributed by atoms with Gasteiger partial charge in [0.1, 0.15) is 5.82 Å². The summed E-state index contributed by atoms with van der Waals surface area (Å²) >= 11 is 3.29. The Kier molecular flexibility index (Phi) is 3.57. The fraction of sp³-hybridized carbons (Fsp3) is 0.444. The van der Waals surface area contributed by atoms with Gasteiger partial charge in [-0.25, -0.2) is 9.97 Å². The predicted molar refractivity (Wildman–Crippen MR) is 55.0 cm³/mol. The highest BCUT2D eigenvalue weighted by molar-refractivity contribution is 9.10. The zero-order chi connectivity index (χ0) is 10.7. The number of carboxylic acids is 1. The van der Waals surface area contributed by atoms with Crippen molar-refractivity contribution in [2.75, 3.05) is 0 Å². The van der Waals surface area contributed by atoms with Gasteiger partial charge in [0.05, 0.1) is 16.1 Å². The van der Waals surface area contributed by atoms with Crippen molar-refractivity contribution in [3.05, 3.63) is 22.2 Å². The molecule has 0 bridgehead atoms. The molecular formula is C9H11BrN2O2. The molecule has 0 radical (unpaired) electrons. The number of aryl methyl sites for hydroxylation is 1. The molecule has 4 nitrogen and oxygen atoms in total. The summed E-state index contributed by atoms with van der Waals surface area (Å²) in [4.78, 5) is 18.8. The van der Waals surface area contributed by atoms with Crippen molar-refractivity contribution >= 4 is 21.9 Å². The summed E-state index contributed by atoms with van der Waals surface area (Å²) in [6.07, 6.45) is 2.06. The number of nitrogens with zero attached hydrogens (tertiary/aromatic N) is 2. The second-order valence-corrected chi connectivity index (χ2v) is 4.01. The smallest absolute Gasteiger partial charge is 0.306 e. The Labute approximate surface area is 90.5 Å². The first kappa shape index (κ1) is 11.1. The summed E-state index contributed by atoms with van der Waals surface area (Å²) < 4.78 is 0.760. The summed E-state index contributed by atoms with van der Waals surface area (Å²) in [6, 6.07) is 0. The standard InChI is InChI=1S/C9H11BrN2O2/c1-5(9(13)14)3-8-7(10)4-11-6(2)12-8/h4-5H,3H2,1-2H3,(H,13,14). The van der Waals surface area contributed by atoms with Crippen LogP contribution in [0.2, 0.25) is 0 Å². The number of aromatic nitrogens is 2. The molecule has 1 N–H and O–H groups in total. The van der Waals surface area contributed by atoms with E-state index in [0.717, 1.165) is 10.2 Å². The van der Waals surface area contributed by atoms with E-state index < -0.39 is 11.9 Å². The van der Waals surface area contributed by atoms with E-state index in [1.807, 2.05) is 0 Å². The Morgan fingerprint density at radius 3 is 2.93 bits per heavy atom. The zero-order valence-electron chi connectivity index (χ0n) is 7.99. The summed E-state index contributed by atoms with van der Waals surface area (Å²) in [6.45, 7) is 3.44. The second kappa shape index (κ2) is 4.50. The lowest BCUT2D eigenvalue weighted by Crippen LogP contribution is -2.14. The van der Waals surface area contributed by atoms with Crippen molar-refractivity contribution in [2.24, 2.45) is 5.92 Å². The molecule has 1 atom stereocenters. The van der Waals surface area contributed by atoms with Gasteiger partial charge in [0.15, 0.2) is 0 Å². The summed E-state index contributed by atoms with van der Waals surface area (Å²) in [7, 11) is 0. The third-order valence-electron chi connectivity index (χ3n) is 1.86. The maximum atomic E-state index is 10.6. The van der Waals surface area contributed by atoms with E-state index in [1.54, 1.807) is 20.0 Å². The first-order valence-corrected chi connectivity index (χ1v) is 5.01. The van der Waals surface area contributed by atoms with Crippen LogP contribution < -0.4 is 0 Å². The van der Waals surface area contributed by atoms with Gasteiger partial charge in [-0.05, 0) is 22.9 Å². The van der Waals surface area contributed by atoms with Crippen molar-refractivity contribution in [1.29, 1.82) is 0 Å². The van der Waals surface area contributed by atoms with E-state index in [9.17, 15) is 4.79 Å². The van der Waals surface area contributed by atoms with Gasteiger partial charge in [-0.2, -0.15) is 0 Å². The molecule has 1 rings (SSSR count). The molecule has 0 amide bonds. The minimum absolute atomic E-state index is 0.416. The first-order valence-electron chi connectivity index (χ1n) is 4.21. The van der Waals surface area contributed by atoms with E-state index in [2.05, 4.69) is 25.9 Å². The molecule has 5 heteroatoms. The van der Waals surface area contributed by atoms with Crippen LogP contribution in [-0.2, 0) is 11.2 Å². The van der Waals surface area contributed by atoms with E-state index in [1.165, 1.54) is 0 Å². The van der Waals surface area contributed by atoms with Crippen LogP contribution in [0.25, 0.3) is 0 Å². The number of carboxylic acid groups (broad SMARTS) is 1. The zero-order valence-corrected chi connectivity index (χ0v) is 9.58. The number of carbonyl (C=O) groups is 1. The van der Waals surface area contributed by atoms with Crippen molar-refractivity contribution in [2.45, 2.75) is 20.3 Å². The van der Waals surface area contributed by atoms with E-state index in [4.69, 9.17) is 5.11 Å². The monoisotopic (exact) mass is 258 g/mol. The van der Waals surface area contributed by atoms with E-state index in [-0.39, 0.29) is 0 Å². The predicted octanol–water partition coefficient (Wildman–Crippen LogP) is 1.81. The lowest BCUT2D eigenvalue weighted by atomic mass is 10.1. The summed E-state index contributed by atoms with van der Waals surface area (Å²) in [5.41, 5.74) is 0.743. The van der Waals surface area contributed by atoms with Crippen LogP contribution in [0.3, 0.4) is 0 Å². The Balaban J connectivity index is 2.85. The molecule has 0 saturated heterocycles. The number of halogens is 1. The van der Waals surface area contributed by atoms with Crippen molar-refractivity contribution in [3.8, 4) is 0 Å². The minimum atomic E-state index is -0.812. The second-order valence-electron chi connectivity index (χ2n) is 3.16. The Bertz CT molecular complexity index is 355. The molecule has 1 aromatic rings. The average molecular weight is 259 g/mol. The Morgan fingerprint density at radius 1 is 1.71 bits per heavy atom. The Hall–Kier alpha value is -0.970. The van der Waals surface area contributed by atoms with Gasteiger partial charge in [-0.3, -0.25) is 4.79 Å². The summed E-state index contributed by atoms with van der Waals surface area (Å²) in [5.74, 6) is -0.588. The fourth-order valence-corrected chi connectivity index (χ4v) is 1.38. The van der Waals surface area contributed by atoms with Gasteiger partial charge in [-0.1, -0.05) is 6.92 Å². The first-order chi connectivity index (χ1) is 6.50. The van der Waals surface area contributed by atoms with Gasteiger partial charge < -0.3 is 5.11 Å². The highest BCUT2D eigenvalue weighted by Gasteiger charge is 2.14. The van der Waals surface area contributed by atoms with E-state index >= 15 is 0 Å². The largest absolute Gasteiger partial charge is 0.481 e. The van der Waals surface area contributed by atoms with Crippen molar-refractivity contribution in [1.82, 2.24) is 9.97 Å². The van der Waals surface area contributed by atoms with Crippen LogP contribution in [-0.4, -0.2) is 21.0 Å². The molecule has 0 fully saturated rings. The molecule has 0 aliphatic heterocycles. The van der Waals surface area contributed by atoms with Gasteiger partial charge >= 0.3 is 5.97 Å². The van der Waals surface area contributed by atoms with E-state index in [0.29, 0.717) is 12.2 Å². The number of rotatable bonds is 3. The van der Waals surface area contributed by atoms with Crippen LogP contribution in [0, 0.1) is 12.8 Å². The SMILES string of the molecule is Cc1ncc(Br)c(CC(C)C(=O)O)n1. The van der Waals surface area contributed by atoms with Crippen LogP contribution in [0.5, 0.6) is 0 Å². The van der Waals surface area contributed by atoms with Gasteiger partial charge in [0.2, 0.25) is 0 Å². The topological polar surface area (TPSA) is 63.1 Å².